The molecule has 19 heavy (non-hydrogen) atoms. The third-order valence-corrected chi connectivity index (χ3v) is 3.92. The maximum atomic E-state index is 12.0. The lowest BCUT2D eigenvalue weighted by Gasteiger charge is -2.15. The largest absolute Gasteiger partial charge is 0.497 e. The van der Waals surface area contributed by atoms with Crippen molar-refractivity contribution in [3.05, 3.63) is 29.3 Å². The fourth-order valence-electron chi connectivity index (χ4n) is 2.32. The zero-order chi connectivity index (χ0) is 13.9. The Morgan fingerprint density at radius 2 is 2.21 bits per heavy atom. The van der Waals surface area contributed by atoms with Gasteiger partial charge in [-0.2, -0.15) is 13.2 Å². The van der Waals surface area contributed by atoms with E-state index in [9.17, 15) is 13.2 Å². The number of thioether (sulfide) groups is 1. The van der Waals surface area contributed by atoms with E-state index < -0.39 is 5.51 Å². The molecule has 0 spiro atoms. The maximum absolute atomic E-state index is 12.0. The summed E-state index contributed by atoms with van der Waals surface area (Å²) in [6.45, 7) is 0.353. The summed E-state index contributed by atoms with van der Waals surface area (Å²) in [6, 6.07) is 6.05. The molecule has 0 saturated carbocycles. The van der Waals surface area contributed by atoms with Crippen LogP contribution in [0.4, 0.5) is 13.2 Å². The van der Waals surface area contributed by atoms with Gasteiger partial charge in [0.05, 0.1) is 7.11 Å². The second-order valence-electron chi connectivity index (χ2n) is 4.40. The number of hydrogen-bond acceptors (Lipinski definition) is 3. The Labute approximate surface area is 114 Å². The molecule has 0 radical (unpaired) electrons. The third-order valence-electron chi connectivity index (χ3n) is 3.19. The highest BCUT2D eigenvalue weighted by Crippen LogP contribution is 2.34. The standard InChI is InChI=1S/C13H16F3NOS/c1-18-10-4-2-9-3-5-12(11(9)8-10)17-6-7-19-13(14,15)16/h2,4,8,12,17H,3,5-7H2,1H3. The highest BCUT2D eigenvalue weighted by Gasteiger charge is 2.28. The van der Waals surface area contributed by atoms with Crippen LogP contribution in [0.15, 0.2) is 18.2 Å². The third kappa shape index (κ3) is 4.04. The Hall–Kier alpha value is -0.880. The molecule has 0 aliphatic heterocycles. The van der Waals surface area contributed by atoms with E-state index in [-0.39, 0.29) is 23.6 Å². The fraction of sp³-hybridized carbons (Fsp3) is 0.538. The number of fused-ring (bicyclic) bond motifs is 1. The van der Waals surface area contributed by atoms with Crippen LogP contribution in [0.1, 0.15) is 23.6 Å². The van der Waals surface area contributed by atoms with E-state index in [1.807, 2.05) is 18.2 Å². The Morgan fingerprint density at radius 1 is 1.42 bits per heavy atom. The van der Waals surface area contributed by atoms with Crippen molar-refractivity contribution in [2.45, 2.75) is 24.4 Å². The zero-order valence-corrected chi connectivity index (χ0v) is 11.4. The quantitative estimate of drug-likeness (QED) is 0.839. The van der Waals surface area contributed by atoms with Crippen molar-refractivity contribution in [3.63, 3.8) is 0 Å². The number of aryl methyl sites for hydroxylation is 1. The second kappa shape index (κ2) is 6.05. The predicted molar refractivity (Wildman–Crippen MR) is 70.6 cm³/mol. The molecular weight excluding hydrogens is 275 g/mol. The van der Waals surface area contributed by atoms with Crippen LogP contribution in [0.3, 0.4) is 0 Å². The topological polar surface area (TPSA) is 21.3 Å². The molecule has 6 heteroatoms. The SMILES string of the molecule is COc1ccc2c(c1)C(NCCSC(F)(F)F)CC2. The molecule has 0 bridgehead atoms. The lowest BCUT2D eigenvalue weighted by molar-refractivity contribution is -0.0327. The van der Waals surface area contributed by atoms with Crippen LogP contribution in [0, 0.1) is 0 Å². The van der Waals surface area contributed by atoms with Crippen LogP contribution in [-0.2, 0) is 6.42 Å². The first-order chi connectivity index (χ1) is 8.99. The monoisotopic (exact) mass is 291 g/mol. The highest BCUT2D eigenvalue weighted by atomic mass is 32.2. The summed E-state index contributed by atoms with van der Waals surface area (Å²) < 4.78 is 41.2. The minimum atomic E-state index is -4.14. The first-order valence-corrected chi connectivity index (χ1v) is 7.09. The van der Waals surface area contributed by atoms with Crippen LogP contribution in [0.25, 0.3) is 0 Å². The molecule has 1 aromatic rings. The minimum absolute atomic E-state index is 0.0187. The van der Waals surface area contributed by atoms with Crippen molar-refractivity contribution in [2.75, 3.05) is 19.4 Å². The van der Waals surface area contributed by atoms with Crippen molar-refractivity contribution >= 4 is 11.8 Å². The number of hydrogen-bond donors (Lipinski definition) is 1. The summed E-state index contributed by atoms with van der Waals surface area (Å²) in [6.07, 6.45) is 1.89. The predicted octanol–water partition coefficient (Wildman–Crippen LogP) is 3.53. The Balaban J connectivity index is 1.88. The van der Waals surface area contributed by atoms with Crippen LogP contribution >= 0.6 is 11.8 Å². The summed E-state index contributed by atoms with van der Waals surface area (Å²) in [5.41, 5.74) is -1.74. The highest BCUT2D eigenvalue weighted by molar-refractivity contribution is 8.00. The van der Waals surface area contributed by atoms with Crippen molar-refractivity contribution in [1.29, 1.82) is 0 Å². The Kier molecular flexibility index (Phi) is 4.62. The molecule has 2 nitrogen and oxygen atoms in total. The normalized spacial score (nSPS) is 18.4. The van der Waals surface area contributed by atoms with Gasteiger partial charge in [0, 0.05) is 18.3 Å². The van der Waals surface area contributed by atoms with Gasteiger partial charge < -0.3 is 10.1 Å². The van der Waals surface area contributed by atoms with Gasteiger partial charge in [-0.15, -0.1) is 0 Å². The Bertz CT molecular complexity index is 436. The summed E-state index contributed by atoms with van der Waals surface area (Å²) in [5.74, 6) is 0.830. The molecule has 0 fully saturated rings. The number of rotatable bonds is 5. The van der Waals surface area contributed by atoms with E-state index in [0.29, 0.717) is 6.54 Å². The summed E-state index contributed by atoms with van der Waals surface area (Å²) in [5, 5.41) is 3.19. The van der Waals surface area contributed by atoms with Crippen LogP contribution in [-0.4, -0.2) is 24.9 Å². The van der Waals surface area contributed by atoms with Gasteiger partial charge in [-0.1, -0.05) is 6.07 Å². The van der Waals surface area contributed by atoms with Gasteiger partial charge in [-0.3, -0.25) is 0 Å². The molecule has 1 aliphatic rings. The number of ether oxygens (including phenoxy) is 1. The smallest absolute Gasteiger partial charge is 0.441 e. The molecule has 1 N–H and O–H groups in total. The number of halogens is 3. The van der Waals surface area contributed by atoms with Gasteiger partial charge in [0.1, 0.15) is 5.75 Å². The number of nitrogens with one attached hydrogen (secondary N) is 1. The molecule has 0 aromatic heterocycles. The molecule has 106 valence electrons. The van der Waals surface area contributed by atoms with Crippen molar-refractivity contribution in [1.82, 2.24) is 5.32 Å². The van der Waals surface area contributed by atoms with Gasteiger partial charge in [0.15, 0.2) is 0 Å². The fourth-order valence-corrected chi connectivity index (χ4v) is 2.77. The lowest BCUT2D eigenvalue weighted by Crippen LogP contribution is -2.23. The number of benzene rings is 1. The van der Waals surface area contributed by atoms with Crippen LogP contribution < -0.4 is 10.1 Å². The van der Waals surface area contributed by atoms with Crippen molar-refractivity contribution in [2.24, 2.45) is 0 Å². The van der Waals surface area contributed by atoms with Gasteiger partial charge in [0.2, 0.25) is 0 Å². The van der Waals surface area contributed by atoms with Gasteiger partial charge >= 0.3 is 5.51 Å². The van der Waals surface area contributed by atoms with E-state index in [0.717, 1.165) is 24.2 Å². The Morgan fingerprint density at radius 3 is 2.89 bits per heavy atom. The van der Waals surface area contributed by atoms with Crippen molar-refractivity contribution in [3.8, 4) is 5.75 Å². The summed E-state index contributed by atoms with van der Waals surface area (Å²) >= 11 is 0.0187. The molecule has 1 unspecified atom stereocenters. The van der Waals surface area contributed by atoms with E-state index in [2.05, 4.69) is 5.32 Å². The summed E-state index contributed by atoms with van der Waals surface area (Å²) in [4.78, 5) is 0. The molecule has 1 aliphatic carbocycles. The average Bonchev–Trinajstić information content (AvgIpc) is 2.76. The molecule has 1 aromatic carbocycles. The van der Waals surface area contributed by atoms with E-state index in [1.165, 1.54) is 5.56 Å². The average molecular weight is 291 g/mol. The van der Waals surface area contributed by atoms with Gasteiger partial charge in [-0.05, 0) is 47.9 Å². The first-order valence-electron chi connectivity index (χ1n) is 6.10. The van der Waals surface area contributed by atoms with E-state index >= 15 is 0 Å². The number of methoxy groups -OCH3 is 1. The number of alkyl halides is 3. The molecule has 0 heterocycles. The minimum Gasteiger partial charge on any atom is -0.497 e. The van der Waals surface area contributed by atoms with Crippen molar-refractivity contribution < 1.29 is 17.9 Å². The second-order valence-corrected chi connectivity index (χ2v) is 5.56. The van der Waals surface area contributed by atoms with E-state index in [4.69, 9.17) is 4.74 Å². The molecule has 0 amide bonds. The van der Waals surface area contributed by atoms with Gasteiger partial charge in [-0.25, -0.2) is 0 Å². The van der Waals surface area contributed by atoms with Crippen LogP contribution in [0.2, 0.25) is 0 Å². The molecule has 0 saturated heterocycles. The summed E-state index contributed by atoms with van der Waals surface area (Å²) in [7, 11) is 1.61. The van der Waals surface area contributed by atoms with Crippen LogP contribution in [0.5, 0.6) is 5.75 Å². The zero-order valence-electron chi connectivity index (χ0n) is 10.6. The lowest BCUT2D eigenvalue weighted by atomic mass is 10.1. The molecular formula is C13H16F3NOS. The van der Waals surface area contributed by atoms with E-state index in [1.54, 1.807) is 7.11 Å². The van der Waals surface area contributed by atoms with Gasteiger partial charge in [0.25, 0.3) is 0 Å². The first kappa shape index (κ1) is 14.5. The maximum Gasteiger partial charge on any atom is 0.441 e. The molecule has 2 rings (SSSR count). The molecule has 1 atom stereocenters.